The molecule has 1 aliphatic carbocycles. The molecule has 1 saturated heterocycles. The molecule has 0 amide bonds. The van der Waals surface area contributed by atoms with Gasteiger partial charge in [0.05, 0.1) is 17.4 Å². The van der Waals surface area contributed by atoms with Crippen LogP contribution in [-0.2, 0) is 19.1 Å². The first-order chi connectivity index (χ1) is 14.7. The summed E-state index contributed by atoms with van der Waals surface area (Å²) in [5.41, 5.74) is 1.62. The number of cyclic esters (lactones) is 1. The van der Waals surface area contributed by atoms with E-state index in [0.717, 1.165) is 18.4 Å². The number of allylic oxidation sites excluding steroid dienone is 4. The third-order valence-electron chi connectivity index (χ3n) is 5.65. The van der Waals surface area contributed by atoms with Crippen LogP contribution in [0.15, 0.2) is 59.7 Å². The van der Waals surface area contributed by atoms with Gasteiger partial charge in [-0.2, -0.15) is 0 Å². The molecular weight excluding hydrogens is 416 g/mol. The van der Waals surface area contributed by atoms with Crippen molar-refractivity contribution in [1.82, 2.24) is 0 Å². The van der Waals surface area contributed by atoms with Crippen LogP contribution in [-0.4, -0.2) is 29.9 Å². The number of ether oxygens (including phenoxy) is 2. The van der Waals surface area contributed by atoms with E-state index in [9.17, 15) is 14.4 Å². The smallest absolute Gasteiger partial charge is 0.338 e. The van der Waals surface area contributed by atoms with E-state index in [1.54, 1.807) is 30.3 Å². The maximum atomic E-state index is 12.9. The summed E-state index contributed by atoms with van der Waals surface area (Å²) in [6.07, 6.45) is 7.59. The van der Waals surface area contributed by atoms with Crippen molar-refractivity contribution in [3.05, 3.63) is 70.3 Å². The molecule has 5 nitrogen and oxygen atoms in total. The minimum absolute atomic E-state index is 0.0203. The van der Waals surface area contributed by atoms with Gasteiger partial charge in [-0.3, -0.25) is 9.59 Å². The number of ketones is 1. The SMILES string of the molecule is CC(C)=CCC/C(C)=C/[C@H]1OC(=O)CC12C[C@H](OC(=O)c1ccc(Cl)cc1)C=CC2=O. The highest BCUT2D eigenvalue weighted by Crippen LogP contribution is 2.45. The quantitative estimate of drug-likeness (QED) is 0.436. The lowest BCUT2D eigenvalue weighted by Gasteiger charge is -2.34. The van der Waals surface area contributed by atoms with Gasteiger partial charge in [-0.25, -0.2) is 4.79 Å². The maximum absolute atomic E-state index is 12.9. The number of carbonyl (C=O) groups excluding carboxylic acids is 3. The lowest BCUT2D eigenvalue weighted by Crippen LogP contribution is -2.43. The standard InChI is InChI=1S/C25H27ClO5/c1-16(2)5-4-6-17(3)13-22-25(15-23(28)31-22)14-20(11-12-21(25)27)30-24(29)18-7-9-19(26)10-8-18/h5,7-13,20,22H,4,6,14-15H2,1-3H3/b17-13+/t20-,22-,25?/m1/s1. The van der Waals surface area contributed by atoms with E-state index in [2.05, 4.69) is 6.08 Å². The zero-order valence-electron chi connectivity index (χ0n) is 18.0. The van der Waals surface area contributed by atoms with Crippen molar-refractivity contribution in [3.8, 4) is 0 Å². The Morgan fingerprint density at radius 1 is 1.23 bits per heavy atom. The summed E-state index contributed by atoms with van der Waals surface area (Å²) in [5, 5.41) is 0.523. The molecule has 31 heavy (non-hydrogen) atoms. The zero-order chi connectivity index (χ0) is 22.6. The largest absolute Gasteiger partial charge is 0.457 e. The fraction of sp³-hybridized carbons (Fsp3) is 0.400. The van der Waals surface area contributed by atoms with Crippen molar-refractivity contribution in [2.45, 2.75) is 58.7 Å². The van der Waals surface area contributed by atoms with Gasteiger partial charge in [-0.15, -0.1) is 0 Å². The lowest BCUT2D eigenvalue weighted by molar-refractivity contribution is -0.140. The Hall–Kier alpha value is -2.66. The average Bonchev–Trinajstić information content (AvgIpc) is 3.00. The van der Waals surface area contributed by atoms with Gasteiger partial charge in [0, 0.05) is 11.4 Å². The molecule has 1 fully saturated rings. The van der Waals surface area contributed by atoms with Gasteiger partial charge in [-0.05, 0) is 76.1 Å². The van der Waals surface area contributed by atoms with Gasteiger partial charge < -0.3 is 9.47 Å². The van der Waals surface area contributed by atoms with E-state index in [1.165, 1.54) is 11.6 Å². The topological polar surface area (TPSA) is 69.7 Å². The molecule has 6 heteroatoms. The Bertz CT molecular complexity index is 953. The molecular formula is C25H27ClO5. The molecule has 3 rings (SSSR count). The first kappa shape index (κ1) is 23.0. The van der Waals surface area contributed by atoms with Gasteiger partial charge >= 0.3 is 11.9 Å². The highest BCUT2D eigenvalue weighted by Gasteiger charge is 2.55. The maximum Gasteiger partial charge on any atom is 0.338 e. The summed E-state index contributed by atoms with van der Waals surface area (Å²) in [6.45, 7) is 6.07. The molecule has 0 aromatic heterocycles. The zero-order valence-corrected chi connectivity index (χ0v) is 18.8. The monoisotopic (exact) mass is 442 g/mol. The normalized spacial score (nSPS) is 25.5. The third kappa shape index (κ3) is 5.53. The summed E-state index contributed by atoms with van der Waals surface area (Å²) in [6, 6.07) is 6.40. The van der Waals surface area contributed by atoms with Crippen LogP contribution < -0.4 is 0 Å². The van der Waals surface area contributed by atoms with E-state index >= 15 is 0 Å². The number of hydrogen-bond acceptors (Lipinski definition) is 5. The van der Waals surface area contributed by atoms with Crippen LogP contribution >= 0.6 is 11.6 Å². The third-order valence-corrected chi connectivity index (χ3v) is 5.90. The number of benzene rings is 1. The number of rotatable bonds is 6. The number of carbonyl (C=O) groups is 3. The first-order valence-electron chi connectivity index (χ1n) is 10.4. The van der Waals surface area contributed by atoms with Gasteiger partial charge in [0.2, 0.25) is 0 Å². The molecule has 2 aliphatic rings. The summed E-state index contributed by atoms with van der Waals surface area (Å²) >= 11 is 5.87. The number of hydrogen-bond donors (Lipinski definition) is 0. The molecule has 1 aliphatic heterocycles. The summed E-state index contributed by atoms with van der Waals surface area (Å²) in [4.78, 5) is 37.6. The second kappa shape index (κ2) is 9.65. The van der Waals surface area contributed by atoms with E-state index in [0.29, 0.717) is 10.6 Å². The molecule has 1 unspecified atom stereocenters. The minimum Gasteiger partial charge on any atom is -0.457 e. The van der Waals surface area contributed by atoms with Crippen molar-refractivity contribution < 1.29 is 23.9 Å². The van der Waals surface area contributed by atoms with E-state index in [1.807, 2.05) is 26.8 Å². The van der Waals surface area contributed by atoms with Crippen LogP contribution in [0.5, 0.6) is 0 Å². The number of esters is 2. The van der Waals surface area contributed by atoms with Crippen LogP contribution in [0, 0.1) is 5.41 Å². The molecule has 0 bridgehead atoms. The molecule has 164 valence electrons. The van der Waals surface area contributed by atoms with Gasteiger partial charge in [0.25, 0.3) is 0 Å². The first-order valence-corrected chi connectivity index (χ1v) is 10.8. The Labute approximate surface area is 187 Å². The Kier molecular flexibility index (Phi) is 7.16. The Morgan fingerprint density at radius 2 is 1.94 bits per heavy atom. The van der Waals surface area contributed by atoms with E-state index in [-0.39, 0.29) is 18.6 Å². The van der Waals surface area contributed by atoms with Gasteiger partial charge in [0.1, 0.15) is 12.2 Å². The van der Waals surface area contributed by atoms with Gasteiger partial charge in [0.15, 0.2) is 5.78 Å². The fourth-order valence-corrected chi connectivity index (χ4v) is 4.08. The van der Waals surface area contributed by atoms with Crippen LogP contribution in [0.25, 0.3) is 0 Å². The Morgan fingerprint density at radius 3 is 2.61 bits per heavy atom. The van der Waals surface area contributed by atoms with Crippen molar-refractivity contribution in [1.29, 1.82) is 0 Å². The second-order valence-corrected chi connectivity index (χ2v) is 8.89. The van der Waals surface area contributed by atoms with E-state index in [4.69, 9.17) is 21.1 Å². The lowest BCUT2D eigenvalue weighted by atomic mass is 9.69. The second-order valence-electron chi connectivity index (χ2n) is 8.45. The molecule has 1 aromatic carbocycles. The van der Waals surface area contributed by atoms with Crippen LogP contribution in [0.1, 0.15) is 56.8 Å². The molecule has 3 atom stereocenters. The molecule has 0 N–H and O–H groups in total. The molecule has 1 spiro atoms. The average molecular weight is 443 g/mol. The minimum atomic E-state index is -1.05. The molecule has 0 radical (unpaired) electrons. The summed E-state index contributed by atoms with van der Waals surface area (Å²) in [7, 11) is 0. The van der Waals surface area contributed by atoms with Crippen molar-refractivity contribution >= 4 is 29.3 Å². The van der Waals surface area contributed by atoms with Crippen LogP contribution in [0.4, 0.5) is 0 Å². The fourth-order valence-electron chi connectivity index (χ4n) is 3.95. The van der Waals surface area contributed by atoms with Crippen molar-refractivity contribution in [2.24, 2.45) is 5.41 Å². The molecule has 1 heterocycles. The van der Waals surface area contributed by atoms with E-state index < -0.39 is 29.6 Å². The van der Waals surface area contributed by atoms with Gasteiger partial charge in [-0.1, -0.05) is 28.8 Å². The highest BCUT2D eigenvalue weighted by atomic mass is 35.5. The summed E-state index contributed by atoms with van der Waals surface area (Å²) < 4.78 is 11.1. The number of halogens is 1. The van der Waals surface area contributed by atoms with Crippen molar-refractivity contribution in [3.63, 3.8) is 0 Å². The molecule has 1 aromatic rings. The predicted molar refractivity (Wildman–Crippen MR) is 119 cm³/mol. The van der Waals surface area contributed by atoms with Crippen molar-refractivity contribution in [2.75, 3.05) is 0 Å². The molecule has 0 saturated carbocycles. The summed E-state index contributed by atoms with van der Waals surface area (Å²) in [5.74, 6) is -1.09. The van der Waals surface area contributed by atoms with Crippen LogP contribution in [0.2, 0.25) is 5.02 Å². The van der Waals surface area contributed by atoms with Crippen LogP contribution in [0.3, 0.4) is 0 Å². The highest BCUT2D eigenvalue weighted by molar-refractivity contribution is 6.30. The Balaban J connectivity index is 1.76. The predicted octanol–water partition coefficient (Wildman–Crippen LogP) is 5.39.